The van der Waals surface area contributed by atoms with Crippen molar-refractivity contribution in [3.05, 3.63) is 11.6 Å². The van der Waals surface area contributed by atoms with Gasteiger partial charge in [0.1, 0.15) is 18.3 Å². The molecular formula is C27H38O12. The summed E-state index contributed by atoms with van der Waals surface area (Å²) in [6.45, 7) is 8.28. The molecule has 1 saturated heterocycles. The second kappa shape index (κ2) is 11.2. The molecule has 2 aliphatic carbocycles. The number of carbonyl (C=O) groups excluding carboxylic acids is 5. The Morgan fingerprint density at radius 3 is 2.10 bits per heavy atom. The molecule has 3 aliphatic rings. The summed E-state index contributed by atoms with van der Waals surface area (Å²) in [6.07, 6.45) is -4.89. The number of fused-ring (bicyclic) bond motifs is 2. The van der Waals surface area contributed by atoms with Crippen molar-refractivity contribution in [2.75, 3.05) is 7.11 Å². The first-order valence-corrected chi connectivity index (χ1v) is 13.0. The molecule has 0 aromatic carbocycles. The van der Waals surface area contributed by atoms with Crippen molar-refractivity contribution in [1.82, 2.24) is 0 Å². The fraction of sp³-hybridized carbons (Fsp3) is 0.741. The third-order valence-electron chi connectivity index (χ3n) is 8.65. The first kappa shape index (κ1) is 30.6. The van der Waals surface area contributed by atoms with Gasteiger partial charge in [-0.1, -0.05) is 13.8 Å². The minimum Gasteiger partial charge on any atom is -0.466 e. The van der Waals surface area contributed by atoms with Gasteiger partial charge in [-0.3, -0.25) is 19.2 Å². The van der Waals surface area contributed by atoms with Gasteiger partial charge in [-0.15, -0.1) is 0 Å². The Hall–Kier alpha value is -2.99. The highest BCUT2D eigenvalue weighted by Crippen LogP contribution is 2.56. The van der Waals surface area contributed by atoms with Crippen LogP contribution in [0, 0.1) is 23.2 Å². The lowest BCUT2D eigenvalue weighted by Crippen LogP contribution is -2.68. The highest BCUT2D eigenvalue weighted by molar-refractivity contribution is 5.89. The summed E-state index contributed by atoms with van der Waals surface area (Å²) in [4.78, 5) is 62.7. The van der Waals surface area contributed by atoms with Crippen LogP contribution in [0.2, 0.25) is 0 Å². The van der Waals surface area contributed by atoms with Crippen molar-refractivity contribution >= 4 is 29.8 Å². The lowest BCUT2D eigenvalue weighted by atomic mass is 9.52. The SMILES string of the molecule is COC(=O)C1=CC2OC(=O)C(C)C2(O)C(OC(C)=O)C2C(C)C(O)CC(OC(C)=O)C2(C)C(OC(C)=O)CC1. The first-order chi connectivity index (χ1) is 18.1. The summed E-state index contributed by atoms with van der Waals surface area (Å²) >= 11 is 0. The molecule has 218 valence electrons. The Kier molecular flexibility index (Phi) is 8.81. The molecule has 2 fully saturated rings. The fourth-order valence-electron chi connectivity index (χ4n) is 6.63. The second-order valence-corrected chi connectivity index (χ2v) is 11.0. The van der Waals surface area contributed by atoms with Gasteiger partial charge >= 0.3 is 29.8 Å². The number of hydrogen-bond donors (Lipinski definition) is 2. The molecule has 10 unspecified atom stereocenters. The van der Waals surface area contributed by atoms with E-state index in [1.54, 1.807) is 13.8 Å². The lowest BCUT2D eigenvalue weighted by Gasteiger charge is -2.58. The Morgan fingerprint density at radius 1 is 1.00 bits per heavy atom. The third kappa shape index (κ3) is 5.41. The zero-order chi connectivity index (χ0) is 29.4. The summed E-state index contributed by atoms with van der Waals surface area (Å²) in [5.41, 5.74) is -3.56. The van der Waals surface area contributed by atoms with Gasteiger partial charge in [0.15, 0.2) is 11.7 Å². The summed E-state index contributed by atoms with van der Waals surface area (Å²) in [5, 5.41) is 23.4. The smallest absolute Gasteiger partial charge is 0.333 e. The number of carbonyl (C=O) groups is 5. The number of hydrogen-bond acceptors (Lipinski definition) is 12. The average Bonchev–Trinajstić information content (AvgIpc) is 3.05. The summed E-state index contributed by atoms with van der Waals surface area (Å²) in [5.74, 6) is -6.63. The van der Waals surface area contributed by atoms with E-state index in [-0.39, 0.29) is 24.8 Å². The van der Waals surface area contributed by atoms with Crippen LogP contribution in [0.4, 0.5) is 0 Å². The highest BCUT2D eigenvalue weighted by atomic mass is 16.6. The van der Waals surface area contributed by atoms with Crippen molar-refractivity contribution in [2.24, 2.45) is 23.2 Å². The van der Waals surface area contributed by atoms with E-state index in [1.807, 2.05) is 0 Å². The van der Waals surface area contributed by atoms with Gasteiger partial charge in [0.25, 0.3) is 0 Å². The van der Waals surface area contributed by atoms with Crippen LogP contribution in [0.15, 0.2) is 11.6 Å². The van der Waals surface area contributed by atoms with E-state index in [0.29, 0.717) is 0 Å². The Balaban J connectivity index is 2.41. The maximum atomic E-state index is 12.9. The number of aliphatic hydroxyl groups excluding tert-OH is 1. The molecule has 0 amide bonds. The van der Waals surface area contributed by atoms with Gasteiger partial charge in [-0.2, -0.15) is 0 Å². The molecule has 39 heavy (non-hydrogen) atoms. The molecule has 0 spiro atoms. The molecule has 2 N–H and O–H groups in total. The van der Waals surface area contributed by atoms with Crippen LogP contribution in [0.3, 0.4) is 0 Å². The van der Waals surface area contributed by atoms with Crippen LogP contribution >= 0.6 is 0 Å². The topological polar surface area (TPSA) is 172 Å². The van der Waals surface area contributed by atoms with E-state index in [1.165, 1.54) is 34.0 Å². The van der Waals surface area contributed by atoms with Crippen molar-refractivity contribution in [3.63, 3.8) is 0 Å². The Morgan fingerprint density at radius 2 is 1.56 bits per heavy atom. The van der Waals surface area contributed by atoms with E-state index in [9.17, 15) is 34.2 Å². The van der Waals surface area contributed by atoms with Gasteiger partial charge in [-0.25, -0.2) is 4.79 Å². The van der Waals surface area contributed by atoms with Gasteiger partial charge in [0, 0.05) is 44.1 Å². The standard InChI is InChI=1S/C27H38O12/c1-12-18(31)11-20(37-15(4)29)26(6)19(36-14(3)28)9-8-17(25(33)35-7)10-21-27(34,13(2)24(32)39-21)23(22(12)26)38-16(5)30/h10,12-13,18-23,31,34H,8-9,11H2,1-7H3. The molecule has 0 radical (unpaired) electrons. The van der Waals surface area contributed by atoms with Crippen molar-refractivity contribution in [1.29, 1.82) is 0 Å². The summed E-state index contributed by atoms with van der Waals surface area (Å²) in [6, 6.07) is 0. The van der Waals surface area contributed by atoms with Gasteiger partial charge in [0.05, 0.1) is 19.1 Å². The quantitative estimate of drug-likeness (QED) is 0.373. The maximum absolute atomic E-state index is 12.9. The predicted octanol–water partition coefficient (Wildman–Crippen LogP) is 0.991. The average molecular weight is 555 g/mol. The largest absolute Gasteiger partial charge is 0.466 e. The molecule has 0 aromatic rings. The van der Waals surface area contributed by atoms with E-state index in [0.717, 1.165) is 6.92 Å². The molecule has 12 heteroatoms. The summed E-state index contributed by atoms with van der Waals surface area (Å²) in [7, 11) is 1.17. The Bertz CT molecular complexity index is 1050. The third-order valence-corrected chi connectivity index (χ3v) is 8.65. The zero-order valence-electron chi connectivity index (χ0n) is 23.3. The molecule has 0 aromatic heterocycles. The number of esters is 5. The van der Waals surface area contributed by atoms with Crippen molar-refractivity contribution < 1.29 is 57.9 Å². The first-order valence-electron chi connectivity index (χ1n) is 13.0. The number of methoxy groups -OCH3 is 1. The van der Waals surface area contributed by atoms with Crippen LogP contribution in [0.25, 0.3) is 0 Å². The molecule has 1 heterocycles. The minimum absolute atomic E-state index is 0.0204. The Labute approximate surface area is 226 Å². The van der Waals surface area contributed by atoms with E-state index in [2.05, 4.69) is 0 Å². The monoisotopic (exact) mass is 554 g/mol. The van der Waals surface area contributed by atoms with Crippen molar-refractivity contribution in [3.8, 4) is 0 Å². The number of ether oxygens (including phenoxy) is 5. The maximum Gasteiger partial charge on any atom is 0.333 e. The van der Waals surface area contributed by atoms with E-state index >= 15 is 0 Å². The van der Waals surface area contributed by atoms with Crippen LogP contribution < -0.4 is 0 Å². The number of aliphatic hydroxyl groups is 2. The highest BCUT2D eigenvalue weighted by Gasteiger charge is 2.69. The molecule has 12 nitrogen and oxygen atoms in total. The second-order valence-electron chi connectivity index (χ2n) is 11.0. The molecule has 3 rings (SSSR count). The van der Waals surface area contributed by atoms with Crippen LogP contribution in [-0.2, 0) is 47.7 Å². The fourth-order valence-corrected chi connectivity index (χ4v) is 6.63. The molecule has 10 atom stereocenters. The lowest BCUT2D eigenvalue weighted by molar-refractivity contribution is -0.250. The van der Waals surface area contributed by atoms with Gasteiger partial charge in [-0.05, 0) is 31.8 Å². The molecular weight excluding hydrogens is 516 g/mol. The zero-order valence-corrected chi connectivity index (χ0v) is 23.3. The van der Waals surface area contributed by atoms with Gasteiger partial charge < -0.3 is 33.9 Å². The normalized spacial score (nSPS) is 40.1. The van der Waals surface area contributed by atoms with Crippen LogP contribution in [0.5, 0.6) is 0 Å². The predicted molar refractivity (Wildman–Crippen MR) is 131 cm³/mol. The van der Waals surface area contributed by atoms with Crippen LogP contribution in [-0.4, -0.2) is 83.3 Å². The number of rotatable bonds is 4. The van der Waals surface area contributed by atoms with E-state index < -0.39 is 89.1 Å². The van der Waals surface area contributed by atoms with Crippen LogP contribution in [0.1, 0.15) is 60.8 Å². The van der Waals surface area contributed by atoms with Crippen molar-refractivity contribution in [2.45, 2.75) is 96.9 Å². The summed E-state index contributed by atoms with van der Waals surface area (Å²) < 4.78 is 27.7. The minimum atomic E-state index is -2.22. The molecule has 0 bridgehead atoms. The van der Waals surface area contributed by atoms with Gasteiger partial charge in [0.2, 0.25) is 0 Å². The van der Waals surface area contributed by atoms with E-state index in [4.69, 9.17) is 23.7 Å². The molecule has 1 aliphatic heterocycles. The molecule has 1 saturated carbocycles.